The number of nitrogens with one attached hydrogen (secondary N) is 1. The van der Waals surface area contributed by atoms with Crippen LogP contribution in [-0.4, -0.2) is 23.7 Å². The fourth-order valence-corrected chi connectivity index (χ4v) is 2.88. The van der Waals surface area contributed by atoms with Crippen LogP contribution in [0.3, 0.4) is 0 Å². The topological polar surface area (TPSA) is 63.6 Å². The van der Waals surface area contributed by atoms with E-state index in [9.17, 15) is 4.79 Å². The van der Waals surface area contributed by atoms with Crippen LogP contribution in [0.1, 0.15) is 41.2 Å². The van der Waals surface area contributed by atoms with Gasteiger partial charge in [-0.2, -0.15) is 5.10 Å². The highest BCUT2D eigenvalue weighted by Crippen LogP contribution is 2.30. The minimum Gasteiger partial charge on any atom is -0.496 e. The summed E-state index contributed by atoms with van der Waals surface area (Å²) < 4.78 is 5.21. The Morgan fingerprint density at radius 2 is 2.09 bits per heavy atom. The number of para-hydroxylation sites is 1. The fourth-order valence-electron chi connectivity index (χ4n) is 2.88. The molecule has 1 heterocycles. The van der Waals surface area contributed by atoms with Crippen molar-refractivity contribution in [1.29, 1.82) is 0 Å². The van der Waals surface area contributed by atoms with E-state index in [0.717, 1.165) is 30.7 Å². The summed E-state index contributed by atoms with van der Waals surface area (Å²) in [6, 6.07) is 13.0. The minimum atomic E-state index is -0.262. The first-order chi connectivity index (χ1) is 11.3. The molecule has 1 fully saturated rings. The molecular formula is C18H19N3O2. The Hall–Kier alpha value is -2.69. The van der Waals surface area contributed by atoms with Crippen molar-refractivity contribution in [3.63, 3.8) is 0 Å². The number of carbonyl (C=O) groups is 1. The van der Waals surface area contributed by atoms with Gasteiger partial charge in [0.1, 0.15) is 5.75 Å². The fraction of sp³-hybridized carbons (Fsp3) is 0.278. The molecule has 1 aliphatic rings. The lowest BCUT2D eigenvalue weighted by Gasteiger charge is -2.11. The zero-order valence-corrected chi connectivity index (χ0v) is 13.0. The molecule has 1 atom stereocenters. The van der Waals surface area contributed by atoms with Crippen LogP contribution >= 0.6 is 0 Å². The molecule has 1 amide bonds. The van der Waals surface area contributed by atoms with Crippen LogP contribution < -0.4 is 10.2 Å². The molecule has 5 heteroatoms. The molecule has 3 rings (SSSR count). The summed E-state index contributed by atoms with van der Waals surface area (Å²) in [7, 11) is 1.55. The molecule has 1 aromatic heterocycles. The van der Waals surface area contributed by atoms with Gasteiger partial charge in [-0.05, 0) is 43.5 Å². The van der Waals surface area contributed by atoms with Crippen LogP contribution in [0.4, 0.5) is 0 Å². The lowest BCUT2D eigenvalue weighted by atomic mass is 10.0. The predicted octanol–water partition coefficient (Wildman–Crippen LogP) is 3.14. The zero-order valence-electron chi connectivity index (χ0n) is 13.0. The third kappa shape index (κ3) is 3.39. The summed E-state index contributed by atoms with van der Waals surface area (Å²) in [5.41, 5.74) is 5.12. The number of aromatic nitrogens is 1. The molecule has 1 N–H and O–H groups in total. The minimum absolute atomic E-state index is 0.189. The van der Waals surface area contributed by atoms with Gasteiger partial charge in [-0.15, -0.1) is 0 Å². The molecule has 0 saturated heterocycles. The van der Waals surface area contributed by atoms with E-state index in [-0.39, 0.29) is 11.8 Å². The van der Waals surface area contributed by atoms with E-state index in [0.29, 0.717) is 11.3 Å². The molecular weight excluding hydrogens is 290 g/mol. The quantitative estimate of drug-likeness (QED) is 0.882. The van der Waals surface area contributed by atoms with E-state index >= 15 is 0 Å². The molecule has 118 valence electrons. The molecule has 0 aliphatic heterocycles. The third-order valence-electron chi connectivity index (χ3n) is 4.03. The van der Waals surface area contributed by atoms with Crippen LogP contribution in [0.5, 0.6) is 5.75 Å². The molecule has 1 aliphatic carbocycles. The van der Waals surface area contributed by atoms with Gasteiger partial charge in [0.2, 0.25) is 0 Å². The Bertz CT molecular complexity index is 713. The molecule has 2 aromatic rings. The van der Waals surface area contributed by atoms with Crippen molar-refractivity contribution in [2.24, 2.45) is 5.10 Å². The number of pyridine rings is 1. The molecule has 0 bridgehead atoms. The molecule has 23 heavy (non-hydrogen) atoms. The Labute approximate surface area is 135 Å². The smallest absolute Gasteiger partial charge is 0.275 e. The number of amides is 1. The molecule has 1 aromatic carbocycles. The second kappa shape index (κ2) is 7.05. The summed E-state index contributed by atoms with van der Waals surface area (Å²) in [5, 5.41) is 4.35. The van der Waals surface area contributed by atoms with Gasteiger partial charge >= 0.3 is 0 Å². The predicted molar refractivity (Wildman–Crippen MR) is 88.7 cm³/mol. The van der Waals surface area contributed by atoms with Gasteiger partial charge in [0.25, 0.3) is 5.91 Å². The van der Waals surface area contributed by atoms with Crippen molar-refractivity contribution in [3.05, 3.63) is 59.9 Å². The van der Waals surface area contributed by atoms with Gasteiger partial charge in [0.15, 0.2) is 0 Å². The van der Waals surface area contributed by atoms with Crippen LogP contribution in [0.2, 0.25) is 0 Å². The largest absolute Gasteiger partial charge is 0.496 e. The SMILES string of the molecule is COc1ccccc1C(=O)NN=C1CCCC1c1ccccn1. The Kier molecular flexibility index (Phi) is 4.66. The second-order valence-electron chi connectivity index (χ2n) is 5.44. The van der Waals surface area contributed by atoms with Crippen LogP contribution in [0.15, 0.2) is 53.8 Å². The number of rotatable bonds is 4. The maximum atomic E-state index is 12.3. The highest BCUT2D eigenvalue weighted by Gasteiger charge is 2.25. The van der Waals surface area contributed by atoms with Gasteiger partial charge in [-0.25, -0.2) is 5.43 Å². The number of hydrogen-bond acceptors (Lipinski definition) is 4. The first kappa shape index (κ1) is 15.2. The van der Waals surface area contributed by atoms with E-state index in [2.05, 4.69) is 15.5 Å². The first-order valence-corrected chi connectivity index (χ1v) is 7.70. The Morgan fingerprint density at radius 1 is 1.26 bits per heavy atom. The average Bonchev–Trinajstić information content (AvgIpc) is 3.09. The lowest BCUT2D eigenvalue weighted by Crippen LogP contribution is -2.21. The van der Waals surface area contributed by atoms with Gasteiger partial charge in [-0.3, -0.25) is 9.78 Å². The number of hydrogen-bond donors (Lipinski definition) is 1. The summed E-state index contributed by atoms with van der Waals surface area (Å²) >= 11 is 0. The highest BCUT2D eigenvalue weighted by atomic mass is 16.5. The van der Waals surface area contributed by atoms with Gasteiger partial charge in [0.05, 0.1) is 12.7 Å². The third-order valence-corrected chi connectivity index (χ3v) is 4.03. The Balaban J connectivity index is 1.75. The normalized spacial score (nSPS) is 18.8. The monoisotopic (exact) mass is 309 g/mol. The number of benzene rings is 1. The average molecular weight is 309 g/mol. The van der Waals surface area contributed by atoms with E-state index in [4.69, 9.17) is 4.74 Å². The number of ether oxygens (including phenoxy) is 1. The standard InChI is InChI=1S/C18H19N3O2/c1-23-17-11-3-2-7-14(17)18(22)21-20-16-10-6-8-13(16)15-9-4-5-12-19-15/h2-5,7,9,11-13H,6,8,10H2,1H3,(H,21,22). The zero-order chi connectivity index (χ0) is 16.1. The maximum Gasteiger partial charge on any atom is 0.275 e. The second-order valence-corrected chi connectivity index (χ2v) is 5.44. The number of nitrogens with zero attached hydrogens (tertiary/aromatic N) is 2. The molecule has 1 saturated carbocycles. The van der Waals surface area contributed by atoms with Crippen LogP contribution in [0.25, 0.3) is 0 Å². The van der Waals surface area contributed by atoms with Crippen molar-refractivity contribution in [1.82, 2.24) is 10.4 Å². The molecule has 0 spiro atoms. The van der Waals surface area contributed by atoms with E-state index in [1.807, 2.05) is 24.3 Å². The van der Waals surface area contributed by atoms with Gasteiger partial charge in [-0.1, -0.05) is 18.2 Å². The van der Waals surface area contributed by atoms with Gasteiger partial charge in [0, 0.05) is 23.5 Å². The maximum absolute atomic E-state index is 12.3. The van der Waals surface area contributed by atoms with E-state index in [1.54, 1.807) is 31.5 Å². The number of hydrazone groups is 1. The molecule has 1 unspecified atom stereocenters. The van der Waals surface area contributed by atoms with Crippen molar-refractivity contribution in [2.45, 2.75) is 25.2 Å². The van der Waals surface area contributed by atoms with Gasteiger partial charge < -0.3 is 4.74 Å². The van der Waals surface area contributed by atoms with Crippen LogP contribution in [0, 0.1) is 0 Å². The summed E-state index contributed by atoms with van der Waals surface area (Å²) in [6.07, 6.45) is 4.75. The molecule has 5 nitrogen and oxygen atoms in total. The molecule has 0 radical (unpaired) electrons. The summed E-state index contributed by atoms with van der Waals surface area (Å²) in [5.74, 6) is 0.466. The summed E-state index contributed by atoms with van der Waals surface area (Å²) in [4.78, 5) is 16.7. The van der Waals surface area contributed by atoms with E-state index in [1.165, 1.54) is 0 Å². The highest BCUT2D eigenvalue weighted by molar-refractivity contribution is 5.99. The van der Waals surface area contributed by atoms with E-state index < -0.39 is 0 Å². The first-order valence-electron chi connectivity index (χ1n) is 7.70. The number of methoxy groups -OCH3 is 1. The van der Waals surface area contributed by atoms with Crippen molar-refractivity contribution >= 4 is 11.6 Å². The van der Waals surface area contributed by atoms with Crippen molar-refractivity contribution in [3.8, 4) is 5.75 Å². The Morgan fingerprint density at radius 3 is 2.87 bits per heavy atom. The summed E-state index contributed by atoms with van der Waals surface area (Å²) in [6.45, 7) is 0. The van der Waals surface area contributed by atoms with Crippen molar-refractivity contribution < 1.29 is 9.53 Å². The lowest BCUT2D eigenvalue weighted by molar-refractivity contribution is 0.0951. The van der Waals surface area contributed by atoms with Crippen LogP contribution in [-0.2, 0) is 0 Å². The number of carbonyl (C=O) groups excluding carboxylic acids is 1. The van der Waals surface area contributed by atoms with Crippen molar-refractivity contribution in [2.75, 3.05) is 7.11 Å².